The van der Waals surface area contributed by atoms with Crippen LogP contribution in [-0.4, -0.2) is 11.2 Å². The molecule has 0 aliphatic heterocycles. The number of nitrogens with zero attached hydrogens (tertiary/aromatic N) is 2. The minimum absolute atomic E-state index is 0.0891. The van der Waals surface area contributed by atoms with Crippen molar-refractivity contribution in [2.24, 2.45) is 4.99 Å². The number of pyridine rings is 1. The lowest BCUT2D eigenvalue weighted by atomic mass is 9.85. The summed E-state index contributed by atoms with van der Waals surface area (Å²) >= 11 is 0. The van der Waals surface area contributed by atoms with Crippen LogP contribution in [0.25, 0.3) is 66.0 Å². The molecular weight excluding hydrogens is 534 g/mol. The first-order valence-corrected chi connectivity index (χ1v) is 14.1. The molecule has 0 amide bonds. The summed E-state index contributed by atoms with van der Waals surface area (Å²) in [5.74, 6) is -1.84. The normalized spacial score (nSPS) is 11.6. The number of hydrogen-bond donors (Lipinski definition) is 0. The van der Waals surface area contributed by atoms with Gasteiger partial charge in [-0.1, -0.05) is 110 Å². The first kappa shape index (κ1) is 26.4. The fraction of sp³-hybridized carbons (Fsp3) is 0.0256. The van der Waals surface area contributed by atoms with Crippen LogP contribution in [0.3, 0.4) is 0 Å². The SMILES string of the molecule is C=C/C=N\c1c(C)c(F)c(F)c2ccc(-c3ccc4c(-c5ccccc5)c5ccccc5c(-c5ccccc5)c4c3)nc12. The van der Waals surface area contributed by atoms with Gasteiger partial charge in [-0.15, -0.1) is 0 Å². The molecule has 0 fully saturated rings. The molecular formula is C39H26F2N2. The van der Waals surface area contributed by atoms with Crippen molar-refractivity contribution in [3.05, 3.63) is 145 Å². The lowest BCUT2D eigenvalue weighted by Gasteiger charge is -2.18. The number of rotatable bonds is 5. The maximum atomic E-state index is 15.0. The summed E-state index contributed by atoms with van der Waals surface area (Å²) in [5.41, 5.74) is 6.75. The molecule has 2 nitrogen and oxygen atoms in total. The van der Waals surface area contributed by atoms with Gasteiger partial charge in [0.1, 0.15) is 0 Å². The van der Waals surface area contributed by atoms with Crippen molar-refractivity contribution in [2.75, 3.05) is 0 Å². The van der Waals surface area contributed by atoms with Crippen LogP contribution in [0.2, 0.25) is 0 Å². The quantitative estimate of drug-likeness (QED) is 0.152. The number of allylic oxidation sites excluding steroid dienone is 1. The monoisotopic (exact) mass is 560 g/mol. The largest absolute Gasteiger partial charge is 0.254 e. The highest BCUT2D eigenvalue weighted by Crippen LogP contribution is 2.45. The third-order valence-corrected chi connectivity index (χ3v) is 7.99. The smallest absolute Gasteiger partial charge is 0.168 e. The van der Waals surface area contributed by atoms with E-state index in [4.69, 9.17) is 4.98 Å². The summed E-state index contributed by atoms with van der Waals surface area (Å²) in [7, 11) is 0. The number of fused-ring (bicyclic) bond motifs is 3. The highest BCUT2D eigenvalue weighted by atomic mass is 19.2. The van der Waals surface area contributed by atoms with E-state index in [9.17, 15) is 4.39 Å². The van der Waals surface area contributed by atoms with Crippen molar-refractivity contribution >= 4 is 44.3 Å². The Balaban J connectivity index is 1.57. The molecule has 0 unspecified atom stereocenters. The number of halogens is 2. The molecule has 1 aromatic heterocycles. The van der Waals surface area contributed by atoms with Crippen LogP contribution in [0.1, 0.15) is 5.56 Å². The number of hydrogen-bond acceptors (Lipinski definition) is 2. The second kappa shape index (κ2) is 10.7. The van der Waals surface area contributed by atoms with Crippen LogP contribution in [0.5, 0.6) is 0 Å². The van der Waals surface area contributed by atoms with Crippen LogP contribution in [0, 0.1) is 18.6 Å². The van der Waals surface area contributed by atoms with Crippen LogP contribution in [-0.2, 0) is 0 Å². The molecule has 43 heavy (non-hydrogen) atoms. The molecule has 0 spiro atoms. The molecule has 0 saturated carbocycles. The van der Waals surface area contributed by atoms with Gasteiger partial charge in [-0.3, -0.25) is 4.99 Å². The molecule has 7 rings (SSSR count). The Labute approximate surface area is 248 Å². The van der Waals surface area contributed by atoms with Crippen molar-refractivity contribution in [2.45, 2.75) is 6.92 Å². The average Bonchev–Trinajstić information content (AvgIpc) is 3.06. The molecule has 206 valence electrons. The highest BCUT2D eigenvalue weighted by molar-refractivity contribution is 6.22. The van der Waals surface area contributed by atoms with Gasteiger partial charge in [0.25, 0.3) is 0 Å². The second-order valence-corrected chi connectivity index (χ2v) is 10.5. The standard InChI is InChI=1S/C39H26F2N2/c1-3-22-42-38-24(2)36(40)37(41)31-20-21-33(43-39(31)38)27-18-19-30-32(23-27)35(26-14-8-5-9-15-26)29-17-11-10-16-28(29)34(30)25-12-6-4-7-13-25/h3-23H,1H2,2H3/b42-22-. The van der Waals surface area contributed by atoms with Crippen molar-refractivity contribution in [1.82, 2.24) is 4.98 Å². The van der Waals surface area contributed by atoms with E-state index in [-0.39, 0.29) is 10.9 Å². The highest BCUT2D eigenvalue weighted by Gasteiger charge is 2.20. The number of aromatic nitrogens is 1. The molecule has 0 saturated heterocycles. The number of benzene rings is 6. The Morgan fingerprint density at radius 1 is 0.605 bits per heavy atom. The van der Waals surface area contributed by atoms with Gasteiger partial charge in [-0.25, -0.2) is 13.8 Å². The van der Waals surface area contributed by atoms with Crippen molar-refractivity contribution < 1.29 is 8.78 Å². The van der Waals surface area contributed by atoms with E-state index in [0.717, 1.165) is 44.0 Å². The second-order valence-electron chi connectivity index (χ2n) is 10.5. The lowest BCUT2D eigenvalue weighted by Crippen LogP contribution is -1.96. The third-order valence-electron chi connectivity index (χ3n) is 7.99. The maximum absolute atomic E-state index is 15.0. The zero-order valence-electron chi connectivity index (χ0n) is 23.5. The molecule has 0 radical (unpaired) electrons. The van der Waals surface area contributed by atoms with Gasteiger partial charge in [0.15, 0.2) is 11.6 Å². The van der Waals surface area contributed by atoms with Crippen LogP contribution in [0.15, 0.2) is 133 Å². The Hall–Kier alpha value is -5.48. The van der Waals surface area contributed by atoms with E-state index in [1.807, 2.05) is 18.2 Å². The zero-order valence-corrected chi connectivity index (χ0v) is 23.5. The van der Waals surface area contributed by atoms with Gasteiger partial charge < -0.3 is 0 Å². The Morgan fingerprint density at radius 3 is 1.79 bits per heavy atom. The first-order valence-electron chi connectivity index (χ1n) is 14.1. The Kier molecular flexibility index (Phi) is 6.59. The van der Waals surface area contributed by atoms with Gasteiger partial charge in [-0.2, -0.15) is 0 Å². The third kappa shape index (κ3) is 4.39. The van der Waals surface area contributed by atoms with Crippen LogP contribution < -0.4 is 0 Å². The van der Waals surface area contributed by atoms with Gasteiger partial charge in [0.2, 0.25) is 0 Å². The van der Waals surface area contributed by atoms with E-state index >= 15 is 4.39 Å². The van der Waals surface area contributed by atoms with E-state index in [0.29, 0.717) is 16.9 Å². The zero-order chi connectivity index (χ0) is 29.5. The number of aliphatic imine (C=N–C) groups is 1. The molecule has 0 aliphatic rings. The molecule has 0 N–H and O–H groups in total. The molecule has 0 atom stereocenters. The summed E-state index contributed by atoms with van der Waals surface area (Å²) in [5, 5.41) is 4.61. The van der Waals surface area contributed by atoms with Crippen LogP contribution in [0.4, 0.5) is 14.5 Å². The van der Waals surface area contributed by atoms with E-state index in [2.05, 4.69) is 96.5 Å². The predicted molar refractivity (Wildman–Crippen MR) is 176 cm³/mol. The summed E-state index contributed by atoms with van der Waals surface area (Å²) in [6.07, 6.45) is 2.96. The van der Waals surface area contributed by atoms with Crippen molar-refractivity contribution in [1.29, 1.82) is 0 Å². The lowest BCUT2D eigenvalue weighted by molar-refractivity contribution is 0.511. The van der Waals surface area contributed by atoms with E-state index in [1.165, 1.54) is 24.6 Å². The minimum Gasteiger partial charge on any atom is -0.254 e. The summed E-state index contributed by atoms with van der Waals surface area (Å²) in [4.78, 5) is 9.22. The van der Waals surface area contributed by atoms with Crippen molar-refractivity contribution in [3.63, 3.8) is 0 Å². The van der Waals surface area contributed by atoms with Gasteiger partial charge in [0, 0.05) is 22.7 Å². The first-order chi connectivity index (χ1) is 21.1. The maximum Gasteiger partial charge on any atom is 0.168 e. The fourth-order valence-corrected chi connectivity index (χ4v) is 6.00. The summed E-state index contributed by atoms with van der Waals surface area (Å²) in [6.45, 7) is 5.18. The molecule has 1 heterocycles. The molecule has 4 heteroatoms. The molecule has 7 aromatic rings. The predicted octanol–water partition coefficient (Wildman–Crippen LogP) is 11.0. The van der Waals surface area contributed by atoms with Gasteiger partial charge in [0.05, 0.1) is 16.9 Å². The van der Waals surface area contributed by atoms with Gasteiger partial charge in [-0.05, 0) is 68.9 Å². The molecule has 0 bridgehead atoms. The van der Waals surface area contributed by atoms with Gasteiger partial charge >= 0.3 is 0 Å². The average molecular weight is 561 g/mol. The molecule has 6 aromatic carbocycles. The van der Waals surface area contributed by atoms with Crippen molar-refractivity contribution in [3.8, 4) is 33.5 Å². The Morgan fingerprint density at radius 2 is 1.16 bits per heavy atom. The summed E-state index contributed by atoms with van der Waals surface area (Å²) in [6, 6.07) is 39.0. The molecule has 0 aliphatic carbocycles. The fourth-order valence-electron chi connectivity index (χ4n) is 6.00. The minimum atomic E-state index is -0.923. The van der Waals surface area contributed by atoms with E-state index < -0.39 is 11.6 Å². The van der Waals surface area contributed by atoms with E-state index in [1.54, 1.807) is 12.1 Å². The summed E-state index contributed by atoms with van der Waals surface area (Å²) < 4.78 is 29.8. The topological polar surface area (TPSA) is 25.2 Å². The van der Waals surface area contributed by atoms with Crippen LogP contribution >= 0.6 is 0 Å². The Bertz CT molecular complexity index is 2220.